The van der Waals surface area contributed by atoms with E-state index in [9.17, 15) is 4.79 Å². The summed E-state index contributed by atoms with van der Waals surface area (Å²) in [7, 11) is 0. The van der Waals surface area contributed by atoms with Gasteiger partial charge in [-0.15, -0.1) is 0 Å². The third-order valence-corrected chi connectivity index (χ3v) is 4.38. The number of carbonyl (C=O) groups excluding carboxylic acids is 1. The SMILES string of the molecule is CCCC(=O)N(c1ccccc1)[C@H]1C[C@H](C)Nc2ccccc21. The quantitative estimate of drug-likeness (QED) is 0.882. The van der Waals surface area contributed by atoms with Gasteiger partial charge in [0.2, 0.25) is 5.91 Å². The summed E-state index contributed by atoms with van der Waals surface area (Å²) in [6.07, 6.45) is 2.36. The van der Waals surface area contributed by atoms with Crippen LogP contribution in [-0.2, 0) is 4.79 Å². The first-order valence-corrected chi connectivity index (χ1v) is 8.43. The summed E-state index contributed by atoms with van der Waals surface area (Å²) in [5, 5.41) is 3.53. The van der Waals surface area contributed by atoms with Crippen LogP contribution < -0.4 is 10.2 Å². The van der Waals surface area contributed by atoms with Crippen LogP contribution in [0, 0.1) is 0 Å². The summed E-state index contributed by atoms with van der Waals surface area (Å²) in [6.45, 7) is 4.23. The van der Waals surface area contributed by atoms with Crippen molar-refractivity contribution >= 4 is 17.3 Å². The third-order valence-electron chi connectivity index (χ3n) is 4.38. The molecule has 2 aromatic rings. The number of amides is 1. The van der Waals surface area contributed by atoms with E-state index < -0.39 is 0 Å². The van der Waals surface area contributed by atoms with Gasteiger partial charge in [0.15, 0.2) is 0 Å². The first-order valence-electron chi connectivity index (χ1n) is 8.43. The zero-order valence-electron chi connectivity index (χ0n) is 13.8. The van der Waals surface area contributed by atoms with Crippen LogP contribution in [0.3, 0.4) is 0 Å². The average molecular weight is 308 g/mol. The van der Waals surface area contributed by atoms with E-state index in [-0.39, 0.29) is 11.9 Å². The van der Waals surface area contributed by atoms with Gasteiger partial charge in [-0.1, -0.05) is 43.3 Å². The Hall–Kier alpha value is -2.29. The number of anilines is 2. The van der Waals surface area contributed by atoms with Crippen LogP contribution >= 0.6 is 0 Å². The molecule has 1 N–H and O–H groups in total. The van der Waals surface area contributed by atoms with E-state index in [2.05, 4.69) is 37.4 Å². The highest BCUT2D eigenvalue weighted by Crippen LogP contribution is 2.39. The maximum absolute atomic E-state index is 12.9. The van der Waals surface area contributed by atoms with E-state index in [1.165, 1.54) is 5.56 Å². The van der Waals surface area contributed by atoms with Crippen LogP contribution in [0.25, 0.3) is 0 Å². The van der Waals surface area contributed by atoms with Gasteiger partial charge in [-0.25, -0.2) is 0 Å². The molecule has 0 spiro atoms. The standard InChI is InChI=1S/C20H24N2O/c1-3-9-20(23)22(16-10-5-4-6-11-16)19-14-15(2)21-18-13-8-7-12-17(18)19/h4-8,10-13,15,19,21H,3,9,14H2,1-2H3/t15-,19-/m0/s1. The molecule has 0 unspecified atom stereocenters. The zero-order chi connectivity index (χ0) is 16.2. The molecule has 2 atom stereocenters. The van der Waals surface area contributed by atoms with Crippen molar-refractivity contribution in [1.29, 1.82) is 0 Å². The number of para-hydroxylation sites is 2. The third kappa shape index (κ3) is 3.24. The Morgan fingerprint density at radius 3 is 2.57 bits per heavy atom. The van der Waals surface area contributed by atoms with E-state index >= 15 is 0 Å². The van der Waals surface area contributed by atoms with Crippen LogP contribution in [0.2, 0.25) is 0 Å². The van der Waals surface area contributed by atoms with Crippen molar-refractivity contribution in [2.45, 2.75) is 45.2 Å². The highest BCUT2D eigenvalue weighted by Gasteiger charge is 2.32. The Kier molecular flexibility index (Phi) is 4.65. The average Bonchev–Trinajstić information content (AvgIpc) is 2.56. The number of benzene rings is 2. The molecule has 0 saturated carbocycles. The van der Waals surface area contributed by atoms with Gasteiger partial charge >= 0.3 is 0 Å². The Bertz CT molecular complexity index is 668. The predicted molar refractivity (Wildman–Crippen MR) is 95.7 cm³/mol. The summed E-state index contributed by atoms with van der Waals surface area (Å²) in [6, 6.07) is 18.8. The molecule has 3 nitrogen and oxygen atoms in total. The van der Waals surface area contributed by atoms with Crippen LogP contribution in [0.15, 0.2) is 54.6 Å². The number of hydrogen-bond donors (Lipinski definition) is 1. The minimum atomic E-state index is 0.0869. The van der Waals surface area contributed by atoms with Crippen molar-refractivity contribution < 1.29 is 4.79 Å². The van der Waals surface area contributed by atoms with Crippen molar-refractivity contribution in [3.8, 4) is 0 Å². The Morgan fingerprint density at radius 1 is 1.13 bits per heavy atom. The molecule has 1 aliphatic heterocycles. The van der Waals surface area contributed by atoms with Crippen molar-refractivity contribution in [2.24, 2.45) is 0 Å². The van der Waals surface area contributed by atoms with Crippen LogP contribution in [0.4, 0.5) is 11.4 Å². The maximum atomic E-state index is 12.9. The molecule has 3 rings (SSSR count). The van der Waals surface area contributed by atoms with E-state index in [1.807, 2.05) is 41.3 Å². The van der Waals surface area contributed by atoms with E-state index in [0.29, 0.717) is 12.5 Å². The zero-order valence-corrected chi connectivity index (χ0v) is 13.8. The molecular formula is C20H24N2O. The normalized spacial score (nSPS) is 19.6. The molecular weight excluding hydrogens is 284 g/mol. The minimum absolute atomic E-state index is 0.0869. The van der Waals surface area contributed by atoms with Gasteiger partial charge < -0.3 is 10.2 Å². The second kappa shape index (κ2) is 6.86. The number of carbonyl (C=O) groups is 1. The Balaban J connectivity index is 2.05. The van der Waals surface area contributed by atoms with Gasteiger partial charge in [0.1, 0.15) is 0 Å². The Morgan fingerprint density at radius 2 is 1.83 bits per heavy atom. The monoisotopic (exact) mass is 308 g/mol. The summed E-state index contributed by atoms with van der Waals surface area (Å²) in [5.41, 5.74) is 3.33. The molecule has 1 amide bonds. The molecule has 0 fully saturated rings. The van der Waals surface area contributed by atoms with Gasteiger partial charge in [0.25, 0.3) is 0 Å². The first kappa shape index (κ1) is 15.6. The van der Waals surface area contributed by atoms with Gasteiger partial charge in [-0.05, 0) is 43.5 Å². The van der Waals surface area contributed by atoms with Crippen LogP contribution in [0.5, 0.6) is 0 Å². The lowest BCUT2D eigenvalue weighted by Crippen LogP contribution is -2.40. The lowest BCUT2D eigenvalue weighted by Gasteiger charge is -2.39. The fourth-order valence-corrected chi connectivity index (χ4v) is 3.37. The van der Waals surface area contributed by atoms with Crippen molar-refractivity contribution in [1.82, 2.24) is 0 Å². The molecule has 1 aliphatic rings. The largest absolute Gasteiger partial charge is 0.382 e. The van der Waals surface area contributed by atoms with Gasteiger partial charge in [0.05, 0.1) is 6.04 Å². The van der Waals surface area contributed by atoms with Crippen molar-refractivity contribution in [3.05, 3.63) is 60.2 Å². The fraction of sp³-hybridized carbons (Fsp3) is 0.350. The topological polar surface area (TPSA) is 32.3 Å². The molecule has 0 saturated heterocycles. The minimum Gasteiger partial charge on any atom is -0.382 e. The number of nitrogens with one attached hydrogen (secondary N) is 1. The van der Waals surface area contributed by atoms with Crippen LogP contribution in [-0.4, -0.2) is 11.9 Å². The molecule has 3 heteroatoms. The van der Waals surface area contributed by atoms with Gasteiger partial charge in [0, 0.05) is 23.8 Å². The lowest BCUT2D eigenvalue weighted by atomic mass is 9.91. The number of nitrogens with zero attached hydrogens (tertiary/aromatic N) is 1. The van der Waals surface area contributed by atoms with Crippen molar-refractivity contribution in [3.63, 3.8) is 0 Å². The Labute approximate surface area is 138 Å². The number of fused-ring (bicyclic) bond motifs is 1. The van der Waals surface area contributed by atoms with Crippen molar-refractivity contribution in [2.75, 3.05) is 10.2 Å². The molecule has 2 aromatic carbocycles. The number of hydrogen-bond acceptors (Lipinski definition) is 2. The molecule has 23 heavy (non-hydrogen) atoms. The smallest absolute Gasteiger partial charge is 0.227 e. The molecule has 0 radical (unpaired) electrons. The summed E-state index contributed by atoms with van der Waals surface area (Å²) < 4.78 is 0. The fourth-order valence-electron chi connectivity index (χ4n) is 3.37. The highest BCUT2D eigenvalue weighted by atomic mass is 16.2. The van der Waals surface area contributed by atoms with E-state index in [1.54, 1.807) is 0 Å². The van der Waals surface area contributed by atoms with E-state index in [0.717, 1.165) is 24.2 Å². The second-order valence-corrected chi connectivity index (χ2v) is 6.23. The summed E-state index contributed by atoms with van der Waals surface area (Å²) in [4.78, 5) is 14.9. The van der Waals surface area contributed by atoms with Gasteiger partial charge in [-0.3, -0.25) is 4.79 Å². The maximum Gasteiger partial charge on any atom is 0.227 e. The molecule has 0 bridgehead atoms. The van der Waals surface area contributed by atoms with Gasteiger partial charge in [-0.2, -0.15) is 0 Å². The van der Waals surface area contributed by atoms with E-state index in [4.69, 9.17) is 0 Å². The second-order valence-electron chi connectivity index (χ2n) is 6.23. The number of rotatable bonds is 4. The first-order chi connectivity index (χ1) is 11.2. The summed E-state index contributed by atoms with van der Waals surface area (Å²) >= 11 is 0. The predicted octanol–water partition coefficient (Wildman–Crippen LogP) is 4.77. The molecule has 1 heterocycles. The lowest BCUT2D eigenvalue weighted by molar-refractivity contribution is -0.119. The van der Waals surface area contributed by atoms with Crippen LogP contribution in [0.1, 0.15) is 44.7 Å². The highest BCUT2D eigenvalue weighted by molar-refractivity contribution is 5.94. The molecule has 0 aliphatic carbocycles. The summed E-state index contributed by atoms with van der Waals surface area (Å²) in [5.74, 6) is 0.201. The molecule has 0 aromatic heterocycles. The molecule has 120 valence electrons.